The van der Waals surface area contributed by atoms with Gasteiger partial charge < -0.3 is 0 Å². The fraction of sp³-hybridized carbons (Fsp3) is 0.0714. The van der Waals surface area contributed by atoms with E-state index in [-0.39, 0.29) is 6.04 Å². The molecule has 0 spiro atoms. The lowest BCUT2D eigenvalue weighted by molar-refractivity contribution is 0.608. The van der Waals surface area contributed by atoms with E-state index < -0.39 is 0 Å². The van der Waals surface area contributed by atoms with E-state index in [2.05, 4.69) is 20.5 Å². The average Bonchev–Trinajstić information content (AvgIpc) is 3.00. The summed E-state index contributed by atoms with van der Waals surface area (Å²) in [5.41, 5.74) is 5.42. The monoisotopic (exact) mass is 266 g/mol. The molecule has 2 aromatic heterocycles. The summed E-state index contributed by atoms with van der Waals surface area (Å²) in [7, 11) is 0. The summed E-state index contributed by atoms with van der Waals surface area (Å²) in [5, 5.41) is 4.55. The summed E-state index contributed by atoms with van der Waals surface area (Å²) < 4.78 is 1.81. The van der Waals surface area contributed by atoms with Crippen LogP contribution in [0.1, 0.15) is 17.3 Å². The van der Waals surface area contributed by atoms with Gasteiger partial charge in [-0.2, -0.15) is 5.10 Å². The van der Waals surface area contributed by atoms with Crippen LogP contribution in [0, 0.1) is 0 Å². The smallest absolute Gasteiger partial charge is 0.115 e. The van der Waals surface area contributed by atoms with Gasteiger partial charge in [0.1, 0.15) is 6.33 Å². The maximum absolute atomic E-state index is 5.63. The van der Waals surface area contributed by atoms with Crippen molar-refractivity contribution >= 4 is 0 Å². The van der Waals surface area contributed by atoms with Crippen molar-refractivity contribution in [3.63, 3.8) is 0 Å². The van der Waals surface area contributed by atoms with Crippen molar-refractivity contribution in [1.29, 1.82) is 0 Å². The Kier molecular flexibility index (Phi) is 3.49. The highest BCUT2D eigenvalue weighted by Crippen LogP contribution is 2.19. The summed E-state index contributed by atoms with van der Waals surface area (Å²) in [4.78, 5) is 8.01. The molecule has 1 unspecified atom stereocenters. The van der Waals surface area contributed by atoms with Gasteiger partial charge in [0, 0.05) is 24.2 Å². The van der Waals surface area contributed by atoms with Gasteiger partial charge in [-0.25, -0.2) is 20.1 Å². The number of hydrazine groups is 1. The Morgan fingerprint density at radius 1 is 1.05 bits per heavy atom. The molecule has 6 heteroatoms. The first-order valence-corrected chi connectivity index (χ1v) is 6.20. The minimum atomic E-state index is -0.235. The molecule has 0 aliphatic carbocycles. The van der Waals surface area contributed by atoms with Crippen molar-refractivity contribution in [3.8, 4) is 5.69 Å². The highest BCUT2D eigenvalue weighted by Gasteiger charge is 2.16. The highest BCUT2D eigenvalue weighted by molar-refractivity contribution is 5.31. The van der Waals surface area contributed by atoms with Gasteiger partial charge in [-0.1, -0.05) is 18.2 Å². The van der Waals surface area contributed by atoms with Crippen LogP contribution in [0.4, 0.5) is 0 Å². The van der Waals surface area contributed by atoms with Crippen molar-refractivity contribution in [2.45, 2.75) is 6.04 Å². The Balaban J connectivity index is 1.93. The highest BCUT2D eigenvalue weighted by atomic mass is 15.3. The van der Waals surface area contributed by atoms with Gasteiger partial charge in [0.2, 0.25) is 0 Å². The van der Waals surface area contributed by atoms with Crippen LogP contribution in [0.3, 0.4) is 0 Å². The normalized spacial score (nSPS) is 12.2. The van der Waals surface area contributed by atoms with Gasteiger partial charge in [-0.15, -0.1) is 0 Å². The van der Waals surface area contributed by atoms with Crippen LogP contribution in [-0.2, 0) is 0 Å². The number of rotatable bonds is 4. The minimum absolute atomic E-state index is 0.235. The lowest BCUT2D eigenvalue weighted by atomic mass is 10.1. The van der Waals surface area contributed by atoms with E-state index in [1.807, 2.05) is 47.3 Å². The number of benzene rings is 1. The zero-order valence-corrected chi connectivity index (χ0v) is 10.7. The minimum Gasteiger partial charge on any atom is -0.271 e. The van der Waals surface area contributed by atoms with Crippen molar-refractivity contribution in [3.05, 3.63) is 72.6 Å². The van der Waals surface area contributed by atoms with E-state index in [0.717, 1.165) is 16.9 Å². The molecule has 0 fully saturated rings. The largest absolute Gasteiger partial charge is 0.271 e. The van der Waals surface area contributed by atoms with Crippen LogP contribution >= 0.6 is 0 Å². The van der Waals surface area contributed by atoms with Gasteiger partial charge in [0.25, 0.3) is 0 Å². The molecule has 1 atom stereocenters. The Labute approximate surface area is 116 Å². The molecule has 0 aliphatic heterocycles. The third-order valence-electron chi connectivity index (χ3n) is 3.01. The van der Waals surface area contributed by atoms with Crippen molar-refractivity contribution in [2.75, 3.05) is 0 Å². The maximum Gasteiger partial charge on any atom is 0.115 e. The average molecular weight is 266 g/mol. The van der Waals surface area contributed by atoms with E-state index in [4.69, 9.17) is 5.84 Å². The summed E-state index contributed by atoms with van der Waals surface area (Å²) in [6, 6.07) is 11.6. The third kappa shape index (κ3) is 2.42. The molecule has 100 valence electrons. The molecule has 0 aliphatic rings. The molecule has 0 bridgehead atoms. The molecule has 0 amide bonds. The summed E-state index contributed by atoms with van der Waals surface area (Å²) in [5.74, 6) is 5.63. The Bertz CT molecular complexity index is 664. The number of aromatic nitrogens is 4. The lowest BCUT2D eigenvalue weighted by Crippen LogP contribution is -2.29. The van der Waals surface area contributed by atoms with Crippen LogP contribution in [0.2, 0.25) is 0 Å². The Morgan fingerprint density at radius 2 is 1.80 bits per heavy atom. The van der Waals surface area contributed by atoms with Gasteiger partial charge in [0.05, 0.1) is 17.4 Å². The molecule has 2 heterocycles. The molecule has 0 saturated heterocycles. The second-order valence-electron chi connectivity index (χ2n) is 4.29. The van der Waals surface area contributed by atoms with Gasteiger partial charge in [-0.05, 0) is 18.2 Å². The molecule has 3 N–H and O–H groups in total. The molecule has 3 aromatic rings. The second kappa shape index (κ2) is 5.60. The van der Waals surface area contributed by atoms with Crippen LogP contribution in [0.15, 0.2) is 61.3 Å². The first kappa shape index (κ1) is 12.5. The first-order chi connectivity index (χ1) is 9.88. The van der Waals surface area contributed by atoms with Crippen molar-refractivity contribution < 1.29 is 0 Å². The first-order valence-electron chi connectivity index (χ1n) is 6.20. The molecule has 20 heavy (non-hydrogen) atoms. The standard InChI is InChI=1S/C14H14N6/c15-18-14(11-8-16-10-17-9-11)13-6-7-20(19-13)12-4-2-1-3-5-12/h1-10,14,18H,15H2. The molecular formula is C14H14N6. The predicted molar refractivity (Wildman–Crippen MR) is 74.8 cm³/mol. The zero-order chi connectivity index (χ0) is 13.8. The van der Waals surface area contributed by atoms with E-state index >= 15 is 0 Å². The van der Waals surface area contributed by atoms with Crippen LogP contribution < -0.4 is 11.3 Å². The lowest BCUT2D eigenvalue weighted by Gasteiger charge is -2.12. The number of hydrogen-bond donors (Lipinski definition) is 2. The molecule has 0 radical (unpaired) electrons. The van der Waals surface area contributed by atoms with E-state index in [1.165, 1.54) is 6.33 Å². The van der Waals surface area contributed by atoms with Crippen molar-refractivity contribution in [1.82, 2.24) is 25.2 Å². The van der Waals surface area contributed by atoms with E-state index in [9.17, 15) is 0 Å². The number of nitrogens with two attached hydrogens (primary N) is 1. The Morgan fingerprint density at radius 3 is 2.50 bits per heavy atom. The summed E-state index contributed by atoms with van der Waals surface area (Å²) >= 11 is 0. The van der Waals surface area contributed by atoms with E-state index in [1.54, 1.807) is 12.4 Å². The van der Waals surface area contributed by atoms with Gasteiger partial charge >= 0.3 is 0 Å². The molecule has 1 aromatic carbocycles. The predicted octanol–water partition coefficient (Wildman–Crippen LogP) is 1.21. The zero-order valence-electron chi connectivity index (χ0n) is 10.7. The molecule has 6 nitrogen and oxygen atoms in total. The summed E-state index contributed by atoms with van der Waals surface area (Å²) in [6.07, 6.45) is 6.83. The molecular weight excluding hydrogens is 252 g/mol. The van der Waals surface area contributed by atoms with Crippen molar-refractivity contribution in [2.24, 2.45) is 5.84 Å². The number of nitrogens with zero attached hydrogens (tertiary/aromatic N) is 4. The molecule has 3 rings (SSSR count). The number of para-hydroxylation sites is 1. The molecule has 0 saturated carbocycles. The quantitative estimate of drug-likeness (QED) is 0.548. The number of nitrogens with one attached hydrogen (secondary N) is 1. The summed E-state index contributed by atoms with van der Waals surface area (Å²) in [6.45, 7) is 0. The van der Waals surface area contributed by atoms with Crippen LogP contribution in [-0.4, -0.2) is 19.7 Å². The topological polar surface area (TPSA) is 81.6 Å². The van der Waals surface area contributed by atoms with Crippen LogP contribution in [0.25, 0.3) is 5.69 Å². The second-order valence-corrected chi connectivity index (χ2v) is 4.29. The van der Waals surface area contributed by atoms with Gasteiger partial charge in [0.15, 0.2) is 0 Å². The van der Waals surface area contributed by atoms with Gasteiger partial charge in [-0.3, -0.25) is 5.84 Å². The maximum atomic E-state index is 5.63. The van der Waals surface area contributed by atoms with Crippen LogP contribution in [0.5, 0.6) is 0 Å². The fourth-order valence-electron chi connectivity index (χ4n) is 2.03. The van der Waals surface area contributed by atoms with E-state index in [0.29, 0.717) is 0 Å². The SMILES string of the molecule is NNC(c1cncnc1)c1ccn(-c2ccccc2)n1. The number of hydrogen-bond acceptors (Lipinski definition) is 5. The Hall–Kier alpha value is -2.57. The fourth-order valence-corrected chi connectivity index (χ4v) is 2.03. The third-order valence-corrected chi connectivity index (χ3v) is 3.01.